The van der Waals surface area contributed by atoms with E-state index in [1.807, 2.05) is 5.32 Å². The third-order valence-electron chi connectivity index (χ3n) is 3.71. The second-order valence-electron chi connectivity index (χ2n) is 5.35. The first kappa shape index (κ1) is 25.8. The zero-order chi connectivity index (χ0) is 23.9. The zero-order valence-corrected chi connectivity index (χ0v) is 15.5. The van der Waals surface area contributed by atoms with Crippen molar-refractivity contribution in [3.05, 3.63) is 0 Å². The van der Waals surface area contributed by atoms with Gasteiger partial charge in [-0.1, -0.05) is 0 Å². The van der Waals surface area contributed by atoms with Crippen molar-refractivity contribution in [1.29, 1.82) is 0 Å². The average molecular weight is 434 g/mol. The summed E-state index contributed by atoms with van der Waals surface area (Å²) in [5.41, 5.74) is -7.34. The molecule has 0 fully saturated rings. The van der Waals surface area contributed by atoms with Crippen molar-refractivity contribution in [2.24, 2.45) is 10.8 Å². The highest BCUT2D eigenvalue weighted by atomic mass is 16.4. The third kappa shape index (κ3) is 4.10. The molecule has 0 saturated heterocycles. The molecule has 0 aliphatic carbocycles. The molecule has 30 heavy (non-hydrogen) atoms. The number of rotatable bonds is 11. The highest BCUT2D eigenvalue weighted by Crippen LogP contribution is 2.21. The fraction of sp³-hybridized carbons (Fsp3) is 0.429. The summed E-state index contributed by atoms with van der Waals surface area (Å²) in [6, 6.07) is 0. The molecule has 0 heterocycles. The number of hydrogen-bond acceptors (Lipinski definition) is 8. The first-order valence-corrected chi connectivity index (χ1v) is 7.80. The molecule has 166 valence electrons. The summed E-state index contributed by atoms with van der Waals surface area (Å²) < 4.78 is 0. The van der Waals surface area contributed by atoms with Crippen molar-refractivity contribution < 1.29 is 58.8 Å². The minimum absolute atomic E-state index is 0.239. The van der Waals surface area contributed by atoms with Crippen molar-refractivity contribution in [3.8, 4) is 0 Å². The minimum atomic E-state index is -3.67. The molecule has 0 rings (SSSR count). The molecule has 0 unspecified atom stereocenters. The molecule has 16 heteroatoms. The van der Waals surface area contributed by atoms with Crippen molar-refractivity contribution in [3.63, 3.8) is 0 Å². The Bertz CT molecular complexity index is 777. The van der Waals surface area contributed by atoms with Gasteiger partial charge in [-0.3, -0.25) is 19.2 Å². The number of carboxylic acid groups (broad SMARTS) is 4. The zero-order valence-electron chi connectivity index (χ0n) is 15.5. The topological polar surface area (TPSA) is 266 Å². The van der Waals surface area contributed by atoms with Gasteiger partial charge in [-0.05, 0) is 6.92 Å². The van der Waals surface area contributed by atoms with Crippen molar-refractivity contribution >= 4 is 47.5 Å². The van der Waals surface area contributed by atoms with Gasteiger partial charge in [0.1, 0.15) is 0 Å². The fourth-order valence-electron chi connectivity index (χ4n) is 2.12. The molecule has 0 aliphatic rings. The molecule has 8 N–H and O–H groups in total. The molecule has 0 atom stereocenters. The van der Waals surface area contributed by atoms with E-state index in [-0.39, 0.29) is 6.54 Å². The molecule has 0 spiro atoms. The molecular weight excluding hydrogens is 416 g/mol. The van der Waals surface area contributed by atoms with Crippen molar-refractivity contribution in [1.82, 2.24) is 21.3 Å². The predicted molar refractivity (Wildman–Crippen MR) is 89.3 cm³/mol. The normalized spacial score (nSPS) is 10.9. The lowest BCUT2D eigenvalue weighted by Gasteiger charge is -2.24. The summed E-state index contributed by atoms with van der Waals surface area (Å²) >= 11 is 0. The van der Waals surface area contributed by atoms with Crippen LogP contribution in [-0.2, 0) is 38.4 Å². The van der Waals surface area contributed by atoms with E-state index in [0.29, 0.717) is 0 Å². The highest BCUT2D eigenvalue weighted by molar-refractivity contribution is 6.35. The number of carboxylic acids is 4. The summed E-state index contributed by atoms with van der Waals surface area (Å²) in [5.74, 6) is -16.9. The average Bonchev–Trinajstić information content (AvgIpc) is 2.61. The maximum absolute atomic E-state index is 12.2. The van der Waals surface area contributed by atoms with E-state index in [4.69, 9.17) is 20.4 Å². The quantitative estimate of drug-likeness (QED) is 0.113. The van der Waals surface area contributed by atoms with Gasteiger partial charge < -0.3 is 41.7 Å². The second-order valence-corrected chi connectivity index (χ2v) is 5.35. The first-order valence-electron chi connectivity index (χ1n) is 7.80. The molecule has 0 aromatic carbocycles. The molecule has 16 nitrogen and oxygen atoms in total. The van der Waals surface area contributed by atoms with Gasteiger partial charge in [0.15, 0.2) is 0 Å². The van der Waals surface area contributed by atoms with Crippen LogP contribution in [-0.4, -0.2) is 88.2 Å². The number of nitrogens with one attached hydrogen (secondary N) is 4. The third-order valence-corrected chi connectivity index (χ3v) is 3.71. The van der Waals surface area contributed by atoms with Gasteiger partial charge in [0.05, 0.1) is 6.67 Å². The highest BCUT2D eigenvalue weighted by Gasteiger charge is 2.62. The number of carbonyl (C=O) groups is 8. The van der Waals surface area contributed by atoms with E-state index in [9.17, 15) is 38.4 Å². The van der Waals surface area contributed by atoms with Crippen molar-refractivity contribution in [2.45, 2.75) is 6.92 Å². The van der Waals surface area contributed by atoms with Crippen LogP contribution in [0.4, 0.5) is 0 Å². The lowest BCUT2D eigenvalue weighted by atomic mass is 9.85. The molecule has 0 aromatic heterocycles. The van der Waals surface area contributed by atoms with E-state index in [1.54, 1.807) is 16.0 Å². The van der Waals surface area contributed by atoms with Crippen LogP contribution in [0.3, 0.4) is 0 Å². The smallest absolute Gasteiger partial charge is 0.340 e. The monoisotopic (exact) mass is 434 g/mol. The van der Waals surface area contributed by atoms with E-state index in [0.717, 1.165) is 7.05 Å². The predicted octanol–water partition coefficient (Wildman–Crippen LogP) is -4.63. The first-order chi connectivity index (χ1) is 13.8. The Labute approximate surface area is 166 Å². The van der Waals surface area contributed by atoms with Gasteiger partial charge in [-0.25, -0.2) is 19.2 Å². The number of amides is 4. The lowest BCUT2D eigenvalue weighted by Crippen LogP contribution is -2.63. The standard InChI is InChI=1S/C14H18N4O12/c1-3-16-6(20)14(11(27)28,12(29)30)8(22)18-4-17-7(21)13(9(23)24,10(25)26)5(19)15-2/h3-4H2,1-2H3,(H,15,19)(H,16,20)(H,17,21)(H,18,22)(H,23,24)(H,25,26)(H,27,28)(H,29,30). The summed E-state index contributed by atoms with van der Waals surface area (Å²) in [6.07, 6.45) is 0. The summed E-state index contributed by atoms with van der Waals surface area (Å²) in [5, 5.41) is 43.1. The van der Waals surface area contributed by atoms with Crippen LogP contribution in [0.1, 0.15) is 6.92 Å². The van der Waals surface area contributed by atoms with E-state index >= 15 is 0 Å². The Hall–Kier alpha value is -4.24. The maximum Gasteiger partial charge on any atom is 0.340 e. The van der Waals surface area contributed by atoms with Gasteiger partial charge in [0.2, 0.25) is 0 Å². The van der Waals surface area contributed by atoms with Crippen LogP contribution in [0.2, 0.25) is 0 Å². The summed E-state index contributed by atoms with van der Waals surface area (Å²) in [7, 11) is 0.846. The van der Waals surface area contributed by atoms with Gasteiger partial charge in [-0.2, -0.15) is 0 Å². The Morgan fingerprint density at radius 1 is 0.600 bits per heavy atom. The van der Waals surface area contributed by atoms with Crippen LogP contribution in [0.5, 0.6) is 0 Å². The summed E-state index contributed by atoms with van der Waals surface area (Å²) in [6.45, 7) is -0.156. The van der Waals surface area contributed by atoms with E-state index < -0.39 is 65.0 Å². The number of aliphatic carboxylic acids is 4. The molecule has 0 aliphatic heterocycles. The van der Waals surface area contributed by atoms with Crippen LogP contribution in [0.15, 0.2) is 0 Å². The van der Waals surface area contributed by atoms with E-state index in [2.05, 4.69) is 0 Å². The molecule has 0 saturated carbocycles. The molecule has 0 aromatic rings. The van der Waals surface area contributed by atoms with Crippen molar-refractivity contribution in [2.75, 3.05) is 20.3 Å². The fourth-order valence-corrected chi connectivity index (χ4v) is 2.12. The Morgan fingerprint density at radius 3 is 1.17 bits per heavy atom. The Balaban J connectivity index is 5.77. The summed E-state index contributed by atoms with van der Waals surface area (Å²) in [4.78, 5) is 93.3. The number of carbonyl (C=O) groups excluding carboxylic acids is 4. The molecular formula is C14H18N4O12. The van der Waals surface area contributed by atoms with Crippen LogP contribution in [0, 0.1) is 10.8 Å². The second kappa shape index (κ2) is 9.80. The van der Waals surface area contributed by atoms with Crippen LogP contribution >= 0.6 is 0 Å². The number of hydrogen-bond donors (Lipinski definition) is 8. The molecule has 0 bridgehead atoms. The minimum Gasteiger partial charge on any atom is -0.480 e. The van der Waals surface area contributed by atoms with E-state index in [1.165, 1.54) is 6.92 Å². The maximum atomic E-state index is 12.2. The van der Waals surface area contributed by atoms with Crippen LogP contribution in [0.25, 0.3) is 0 Å². The largest absolute Gasteiger partial charge is 0.480 e. The molecule has 4 amide bonds. The van der Waals surface area contributed by atoms with Gasteiger partial charge >= 0.3 is 34.7 Å². The van der Waals surface area contributed by atoms with Gasteiger partial charge in [-0.15, -0.1) is 0 Å². The Morgan fingerprint density at radius 2 is 0.900 bits per heavy atom. The van der Waals surface area contributed by atoms with Gasteiger partial charge in [0.25, 0.3) is 23.6 Å². The van der Waals surface area contributed by atoms with Crippen LogP contribution < -0.4 is 21.3 Å². The SMILES string of the molecule is CCNC(=O)C(C(=O)O)(C(=O)O)C(=O)NCNC(=O)C(C(=O)O)(C(=O)O)C(=O)NC. The van der Waals surface area contributed by atoms with Gasteiger partial charge in [0, 0.05) is 13.6 Å². The Kier molecular flexibility index (Phi) is 8.42. The lowest BCUT2D eigenvalue weighted by molar-refractivity contribution is -0.175. The molecule has 0 radical (unpaired) electrons.